The molecule has 1 atom stereocenters. The zero-order valence-corrected chi connectivity index (χ0v) is 17.9. The number of pyridine rings is 1. The minimum absolute atomic E-state index is 0.000325. The molecule has 168 valence electrons. The van der Waals surface area contributed by atoms with Crippen LogP contribution in [0.25, 0.3) is 5.76 Å². The fraction of sp³-hybridized carbons (Fsp3) is 0.208. The summed E-state index contributed by atoms with van der Waals surface area (Å²) >= 11 is 0. The van der Waals surface area contributed by atoms with Gasteiger partial charge in [0.1, 0.15) is 5.76 Å². The summed E-state index contributed by atoms with van der Waals surface area (Å²) < 4.78 is 6.62. The molecule has 4 rings (SSSR count). The van der Waals surface area contributed by atoms with Crippen LogP contribution in [0.4, 0.5) is 0 Å². The Balaban J connectivity index is 1.72. The summed E-state index contributed by atoms with van der Waals surface area (Å²) in [4.78, 5) is 47.2. The maximum atomic E-state index is 13.0. The smallest absolute Gasteiger partial charge is 0.337 e. The van der Waals surface area contributed by atoms with Crippen LogP contribution in [-0.2, 0) is 20.9 Å². The molecule has 0 radical (unpaired) electrons. The first-order chi connectivity index (χ1) is 16.0. The van der Waals surface area contributed by atoms with Gasteiger partial charge in [0.15, 0.2) is 0 Å². The van der Waals surface area contributed by atoms with Gasteiger partial charge in [-0.15, -0.1) is 0 Å². The first-order valence-electron chi connectivity index (χ1n) is 10.3. The van der Waals surface area contributed by atoms with E-state index >= 15 is 0 Å². The lowest BCUT2D eigenvalue weighted by atomic mass is 9.95. The summed E-state index contributed by atoms with van der Waals surface area (Å²) in [5, 5.41) is 11.0. The molecule has 9 heteroatoms. The number of hydrogen-bond acceptors (Lipinski definition) is 7. The van der Waals surface area contributed by atoms with E-state index in [1.165, 1.54) is 24.4 Å². The first-order valence-corrected chi connectivity index (χ1v) is 10.3. The van der Waals surface area contributed by atoms with Crippen molar-refractivity contribution in [3.05, 3.63) is 89.8 Å². The third kappa shape index (κ3) is 4.38. The van der Waals surface area contributed by atoms with Gasteiger partial charge in [-0.05, 0) is 36.2 Å². The Bertz CT molecular complexity index is 1190. The van der Waals surface area contributed by atoms with Gasteiger partial charge < -0.3 is 19.3 Å². The predicted molar refractivity (Wildman–Crippen MR) is 118 cm³/mol. The molecule has 1 N–H and O–H groups in total. The number of carbonyl (C=O) groups excluding carboxylic acids is 3. The van der Waals surface area contributed by atoms with Crippen molar-refractivity contribution in [2.24, 2.45) is 0 Å². The molecule has 1 amide bonds. The quantitative estimate of drug-likeness (QED) is 0.257. The van der Waals surface area contributed by atoms with Crippen LogP contribution in [-0.4, -0.2) is 55.9 Å². The number of esters is 1. The number of likely N-dealkylation sites (tertiary alicyclic amines) is 1. The highest BCUT2D eigenvalue weighted by Crippen LogP contribution is 2.39. The Morgan fingerprint density at radius 2 is 1.73 bits per heavy atom. The summed E-state index contributed by atoms with van der Waals surface area (Å²) in [5.41, 5.74) is 1.32. The number of methoxy groups -OCH3 is 1. The normalized spacial score (nSPS) is 17.4. The average Bonchev–Trinajstić information content (AvgIpc) is 3.46. The Labute approximate surface area is 190 Å². The van der Waals surface area contributed by atoms with E-state index in [1.54, 1.807) is 48.9 Å². The number of amides is 1. The highest BCUT2D eigenvalue weighted by Gasteiger charge is 2.45. The number of aliphatic hydroxyl groups is 1. The molecule has 0 spiro atoms. The number of ether oxygens (including phenoxy) is 1. The van der Waals surface area contributed by atoms with Crippen LogP contribution in [0.5, 0.6) is 0 Å². The van der Waals surface area contributed by atoms with E-state index in [2.05, 4.69) is 9.97 Å². The van der Waals surface area contributed by atoms with Crippen molar-refractivity contribution in [3.63, 3.8) is 0 Å². The van der Waals surface area contributed by atoms with Gasteiger partial charge in [-0.3, -0.25) is 14.6 Å². The zero-order chi connectivity index (χ0) is 23.4. The van der Waals surface area contributed by atoms with Crippen LogP contribution >= 0.6 is 0 Å². The number of benzene rings is 1. The summed E-state index contributed by atoms with van der Waals surface area (Å²) in [6.07, 6.45) is 8.74. The summed E-state index contributed by atoms with van der Waals surface area (Å²) in [7, 11) is 1.29. The molecule has 3 aromatic rings. The van der Waals surface area contributed by atoms with Crippen LogP contribution in [0.3, 0.4) is 0 Å². The number of aliphatic hydroxyl groups excluding tert-OH is 1. The van der Waals surface area contributed by atoms with Gasteiger partial charge in [0.25, 0.3) is 11.7 Å². The van der Waals surface area contributed by atoms with E-state index in [9.17, 15) is 19.5 Å². The van der Waals surface area contributed by atoms with E-state index in [1.807, 2.05) is 10.8 Å². The molecule has 1 saturated heterocycles. The fourth-order valence-corrected chi connectivity index (χ4v) is 3.88. The molecule has 1 fully saturated rings. The molecule has 1 aliphatic heterocycles. The maximum Gasteiger partial charge on any atom is 0.337 e. The lowest BCUT2D eigenvalue weighted by molar-refractivity contribution is -0.139. The van der Waals surface area contributed by atoms with Crippen molar-refractivity contribution in [2.45, 2.75) is 19.0 Å². The molecular weight excluding hydrogens is 424 g/mol. The second-order valence-electron chi connectivity index (χ2n) is 7.50. The van der Waals surface area contributed by atoms with Crippen molar-refractivity contribution in [2.75, 3.05) is 13.7 Å². The average molecular weight is 446 g/mol. The number of imidazole rings is 1. The Morgan fingerprint density at radius 3 is 2.36 bits per heavy atom. The molecule has 2 aromatic heterocycles. The molecule has 1 unspecified atom stereocenters. The molecule has 33 heavy (non-hydrogen) atoms. The molecule has 0 aliphatic carbocycles. The van der Waals surface area contributed by atoms with E-state index < -0.39 is 23.7 Å². The number of nitrogens with zero attached hydrogens (tertiary/aromatic N) is 4. The van der Waals surface area contributed by atoms with E-state index in [0.717, 1.165) is 0 Å². The number of rotatable bonds is 7. The Hall–Kier alpha value is -4.27. The van der Waals surface area contributed by atoms with Gasteiger partial charge >= 0.3 is 5.97 Å². The minimum atomic E-state index is -0.798. The molecule has 1 aliphatic rings. The van der Waals surface area contributed by atoms with Crippen molar-refractivity contribution in [3.8, 4) is 0 Å². The monoisotopic (exact) mass is 446 g/mol. The van der Waals surface area contributed by atoms with E-state index in [4.69, 9.17) is 4.74 Å². The van der Waals surface area contributed by atoms with Crippen LogP contribution in [0.1, 0.15) is 33.9 Å². The second-order valence-corrected chi connectivity index (χ2v) is 7.50. The van der Waals surface area contributed by atoms with Gasteiger partial charge in [-0.2, -0.15) is 0 Å². The summed E-state index contributed by atoms with van der Waals surface area (Å²) in [6, 6.07) is 8.79. The van der Waals surface area contributed by atoms with Crippen molar-refractivity contribution in [1.29, 1.82) is 0 Å². The number of aryl methyl sites for hydroxylation is 1. The molecule has 3 heterocycles. The van der Waals surface area contributed by atoms with Gasteiger partial charge in [0.05, 0.1) is 30.6 Å². The molecular formula is C24H22N4O5. The Kier molecular flexibility index (Phi) is 6.30. The molecule has 0 bridgehead atoms. The van der Waals surface area contributed by atoms with E-state index in [0.29, 0.717) is 36.2 Å². The van der Waals surface area contributed by atoms with Crippen LogP contribution in [0.15, 0.2) is 73.1 Å². The van der Waals surface area contributed by atoms with Crippen LogP contribution in [0, 0.1) is 0 Å². The third-order valence-electron chi connectivity index (χ3n) is 5.52. The van der Waals surface area contributed by atoms with Gasteiger partial charge in [-0.25, -0.2) is 9.78 Å². The highest BCUT2D eigenvalue weighted by atomic mass is 16.5. The highest BCUT2D eigenvalue weighted by molar-refractivity contribution is 6.46. The summed E-state index contributed by atoms with van der Waals surface area (Å²) in [5.74, 6) is -2.20. The van der Waals surface area contributed by atoms with Crippen LogP contribution < -0.4 is 0 Å². The van der Waals surface area contributed by atoms with Crippen molar-refractivity contribution >= 4 is 23.4 Å². The number of hydrogen-bond donors (Lipinski definition) is 1. The molecule has 0 saturated carbocycles. The lowest BCUT2D eigenvalue weighted by Crippen LogP contribution is -2.31. The standard InChI is InChI=1S/C24H22N4O5/c1-33-24(32)18-5-3-16(4-6-18)20-19(21(29)17-7-9-25-10-8-17)22(30)23(31)28(20)13-2-12-27-14-11-26-15-27/h3-11,14-15,20,29H,2,12-13H2,1H3/b21-19+. The SMILES string of the molecule is COC(=O)c1ccc(C2/C(=C(\O)c3ccncc3)C(=O)C(=O)N2CCCn2ccnc2)cc1. The van der Waals surface area contributed by atoms with Gasteiger partial charge in [0, 0.05) is 43.4 Å². The maximum absolute atomic E-state index is 13.0. The largest absolute Gasteiger partial charge is 0.507 e. The zero-order valence-electron chi connectivity index (χ0n) is 17.9. The molecule has 9 nitrogen and oxygen atoms in total. The van der Waals surface area contributed by atoms with E-state index in [-0.39, 0.29) is 11.3 Å². The topological polar surface area (TPSA) is 115 Å². The first kappa shape index (κ1) is 21.9. The second kappa shape index (κ2) is 9.47. The van der Waals surface area contributed by atoms with Gasteiger partial charge in [0.2, 0.25) is 0 Å². The number of carbonyl (C=O) groups is 3. The fourth-order valence-electron chi connectivity index (χ4n) is 3.88. The van der Waals surface area contributed by atoms with Gasteiger partial charge in [-0.1, -0.05) is 12.1 Å². The predicted octanol–water partition coefficient (Wildman–Crippen LogP) is 2.58. The Morgan fingerprint density at radius 1 is 1.00 bits per heavy atom. The molecule has 1 aromatic carbocycles. The number of aromatic nitrogens is 3. The van der Waals surface area contributed by atoms with Crippen molar-refractivity contribution < 1.29 is 24.2 Å². The minimum Gasteiger partial charge on any atom is -0.507 e. The van der Waals surface area contributed by atoms with Crippen molar-refractivity contribution in [1.82, 2.24) is 19.4 Å². The summed E-state index contributed by atoms with van der Waals surface area (Å²) in [6.45, 7) is 0.903. The number of ketones is 1. The van der Waals surface area contributed by atoms with Crippen LogP contribution in [0.2, 0.25) is 0 Å². The lowest BCUT2D eigenvalue weighted by Gasteiger charge is -2.25. The number of Topliss-reactive ketones (excluding diaryl/α,β-unsaturated/α-hetero) is 1. The third-order valence-corrected chi connectivity index (χ3v) is 5.52.